The van der Waals surface area contributed by atoms with Crippen molar-refractivity contribution in [1.82, 2.24) is 5.32 Å². The van der Waals surface area contributed by atoms with Gasteiger partial charge in [-0.15, -0.1) is 0 Å². The Balaban J connectivity index is 2.20. The molecule has 1 saturated heterocycles. The number of hydrogen-bond donors (Lipinski definition) is 1. The molecule has 1 aliphatic rings. The Hall–Kier alpha value is -1.59. The fourth-order valence-electron chi connectivity index (χ4n) is 3.97. The van der Waals surface area contributed by atoms with Crippen LogP contribution in [0.25, 0.3) is 0 Å². The first kappa shape index (κ1) is 25.4. The van der Waals surface area contributed by atoms with E-state index < -0.39 is 23.4 Å². The summed E-state index contributed by atoms with van der Waals surface area (Å²) in [5.41, 5.74) is -1.68. The van der Waals surface area contributed by atoms with Gasteiger partial charge in [-0.1, -0.05) is 77.6 Å². The molecule has 168 valence electrons. The number of carbonyl (C=O) groups is 3. The second-order valence-corrected chi connectivity index (χ2v) is 8.22. The average molecular weight is 412 g/mol. The number of cyclic esters (lactones) is 1. The van der Waals surface area contributed by atoms with E-state index in [2.05, 4.69) is 12.2 Å². The van der Waals surface area contributed by atoms with Crippen LogP contribution in [0.4, 0.5) is 0 Å². The third kappa shape index (κ3) is 9.18. The smallest absolute Gasteiger partial charge is 0.344 e. The monoisotopic (exact) mass is 411 g/mol. The minimum Gasteiger partial charge on any atom is -0.464 e. The summed E-state index contributed by atoms with van der Waals surface area (Å²) >= 11 is 0. The molecule has 6 heteroatoms. The van der Waals surface area contributed by atoms with E-state index in [-0.39, 0.29) is 19.1 Å². The Labute approximate surface area is 176 Å². The van der Waals surface area contributed by atoms with Crippen LogP contribution in [0, 0.1) is 0 Å². The summed E-state index contributed by atoms with van der Waals surface area (Å²) in [5.74, 6) is -1.87. The Morgan fingerprint density at radius 1 is 0.966 bits per heavy atom. The van der Waals surface area contributed by atoms with Crippen molar-refractivity contribution in [2.24, 2.45) is 0 Å². The van der Waals surface area contributed by atoms with E-state index >= 15 is 0 Å². The minimum absolute atomic E-state index is 0.150. The lowest BCUT2D eigenvalue weighted by molar-refractivity contribution is -0.162. The summed E-state index contributed by atoms with van der Waals surface area (Å²) in [6.07, 6.45) is 15.7. The molecule has 0 aromatic heterocycles. The van der Waals surface area contributed by atoms with E-state index in [9.17, 15) is 14.4 Å². The predicted octanol–water partition coefficient (Wildman–Crippen LogP) is 4.83. The van der Waals surface area contributed by atoms with Crippen molar-refractivity contribution in [3.8, 4) is 0 Å². The molecule has 0 saturated carbocycles. The Bertz CT molecular complexity index is 507. The van der Waals surface area contributed by atoms with E-state index in [1.165, 1.54) is 71.1 Å². The lowest BCUT2D eigenvalue weighted by atomic mass is 9.93. The maximum absolute atomic E-state index is 12.3. The van der Waals surface area contributed by atoms with Crippen LogP contribution in [0.5, 0.6) is 0 Å². The lowest BCUT2D eigenvalue weighted by Gasteiger charge is -2.23. The van der Waals surface area contributed by atoms with Crippen LogP contribution in [0.2, 0.25) is 0 Å². The van der Waals surface area contributed by atoms with Crippen molar-refractivity contribution >= 4 is 17.8 Å². The first-order chi connectivity index (χ1) is 14.0. The highest BCUT2D eigenvalue weighted by atomic mass is 16.6. The van der Waals surface area contributed by atoms with E-state index in [1.54, 1.807) is 6.92 Å². The molecule has 0 radical (unpaired) electrons. The number of unbranched alkanes of at least 4 members (excludes halogenated alkanes) is 11. The molecule has 1 aliphatic heterocycles. The molecule has 6 nitrogen and oxygen atoms in total. The number of esters is 2. The van der Waals surface area contributed by atoms with Crippen LogP contribution >= 0.6 is 0 Å². The van der Waals surface area contributed by atoms with Crippen molar-refractivity contribution < 1.29 is 23.9 Å². The second kappa shape index (κ2) is 14.4. The number of carbonyl (C=O) groups excluding carboxylic acids is 3. The van der Waals surface area contributed by atoms with Gasteiger partial charge in [0.1, 0.15) is 6.10 Å². The molecule has 0 aliphatic carbocycles. The summed E-state index contributed by atoms with van der Waals surface area (Å²) in [5, 5.41) is 2.48. The fraction of sp³-hybridized carbons (Fsp3) is 0.870. The van der Waals surface area contributed by atoms with Crippen LogP contribution in [0.15, 0.2) is 0 Å². The van der Waals surface area contributed by atoms with Gasteiger partial charge in [0.15, 0.2) is 0 Å². The van der Waals surface area contributed by atoms with Crippen molar-refractivity contribution in [1.29, 1.82) is 0 Å². The highest BCUT2D eigenvalue weighted by Crippen LogP contribution is 2.30. The molecular formula is C23H41NO5. The van der Waals surface area contributed by atoms with E-state index in [4.69, 9.17) is 9.47 Å². The van der Waals surface area contributed by atoms with Crippen LogP contribution in [-0.4, -0.2) is 36.1 Å². The van der Waals surface area contributed by atoms with Crippen molar-refractivity contribution in [3.63, 3.8) is 0 Å². The summed E-state index contributed by atoms with van der Waals surface area (Å²) in [6.45, 7) is 5.35. The van der Waals surface area contributed by atoms with Gasteiger partial charge in [0.2, 0.25) is 11.4 Å². The van der Waals surface area contributed by atoms with E-state index in [0.29, 0.717) is 6.42 Å². The van der Waals surface area contributed by atoms with Gasteiger partial charge >= 0.3 is 11.9 Å². The van der Waals surface area contributed by atoms with Gasteiger partial charge in [-0.3, -0.25) is 4.79 Å². The quantitative estimate of drug-likeness (QED) is 0.223. The van der Waals surface area contributed by atoms with E-state index in [0.717, 1.165) is 12.8 Å². The third-order valence-corrected chi connectivity index (χ3v) is 5.55. The minimum atomic E-state index is -1.68. The van der Waals surface area contributed by atoms with Crippen LogP contribution in [0.3, 0.4) is 0 Å². The van der Waals surface area contributed by atoms with Gasteiger partial charge in [-0.25, -0.2) is 9.59 Å². The molecule has 0 spiro atoms. The Morgan fingerprint density at radius 2 is 1.48 bits per heavy atom. The zero-order valence-corrected chi connectivity index (χ0v) is 18.7. The summed E-state index contributed by atoms with van der Waals surface area (Å²) in [6, 6.07) is 0. The normalized spacial score (nSPS) is 21.1. The molecule has 0 bridgehead atoms. The molecule has 29 heavy (non-hydrogen) atoms. The highest BCUT2D eigenvalue weighted by Gasteiger charge is 2.56. The Kier molecular flexibility index (Phi) is 12.6. The summed E-state index contributed by atoms with van der Waals surface area (Å²) in [7, 11) is 0. The molecule has 2 unspecified atom stereocenters. The van der Waals surface area contributed by atoms with Gasteiger partial charge in [0, 0.05) is 13.3 Å². The van der Waals surface area contributed by atoms with Crippen molar-refractivity contribution in [2.75, 3.05) is 6.61 Å². The van der Waals surface area contributed by atoms with Gasteiger partial charge in [0.05, 0.1) is 6.61 Å². The number of rotatable bonds is 16. The molecule has 0 aromatic rings. The highest BCUT2D eigenvalue weighted by molar-refractivity contribution is 6.08. The molecule has 1 rings (SSSR count). The molecule has 0 aromatic carbocycles. The topological polar surface area (TPSA) is 81.7 Å². The largest absolute Gasteiger partial charge is 0.464 e. The van der Waals surface area contributed by atoms with Crippen molar-refractivity contribution in [2.45, 2.75) is 122 Å². The number of amides is 1. The van der Waals surface area contributed by atoms with Gasteiger partial charge in [-0.05, 0) is 19.8 Å². The summed E-state index contributed by atoms with van der Waals surface area (Å²) < 4.78 is 10.4. The first-order valence-corrected chi connectivity index (χ1v) is 11.6. The maximum Gasteiger partial charge on any atom is 0.344 e. The standard InChI is InChI=1S/C23H41NO5/c1-4-6-7-8-9-10-11-12-13-14-15-16-17-20-18-23(22(27)29-20,24-19(3)25)21(26)28-5-2/h20H,4-18H2,1-3H3,(H,24,25). The molecule has 1 amide bonds. The van der Waals surface area contributed by atoms with Crippen LogP contribution < -0.4 is 5.32 Å². The number of nitrogens with one attached hydrogen (secondary N) is 1. The zero-order chi connectivity index (χ0) is 21.5. The predicted molar refractivity (Wildman–Crippen MR) is 113 cm³/mol. The lowest BCUT2D eigenvalue weighted by Crippen LogP contribution is -2.58. The van der Waals surface area contributed by atoms with Crippen LogP contribution in [-0.2, 0) is 23.9 Å². The number of ether oxygens (including phenoxy) is 2. The van der Waals surface area contributed by atoms with Gasteiger partial charge < -0.3 is 14.8 Å². The average Bonchev–Trinajstić information content (AvgIpc) is 2.98. The Morgan fingerprint density at radius 3 is 1.97 bits per heavy atom. The maximum atomic E-state index is 12.3. The molecule has 1 heterocycles. The molecule has 2 atom stereocenters. The molecular weight excluding hydrogens is 370 g/mol. The molecule has 1 fully saturated rings. The van der Waals surface area contributed by atoms with Crippen LogP contribution in [0.1, 0.15) is 111 Å². The van der Waals surface area contributed by atoms with Crippen molar-refractivity contribution in [3.05, 3.63) is 0 Å². The fourth-order valence-corrected chi connectivity index (χ4v) is 3.97. The SMILES string of the molecule is CCCCCCCCCCCCCCC1CC(NC(C)=O)(C(=O)OCC)C(=O)O1. The second-order valence-electron chi connectivity index (χ2n) is 8.22. The first-order valence-electron chi connectivity index (χ1n) is 11.6. The zero-order valence-electron chi connectivity index (χ0n) is 18.7. The van der Waals surface area contributed by atoms with Gasteiger partial charge in [-0.2, -0.15) is 0 Å². The molecule has 1 N–H and O–H groups in total. The third-order valence-electron chi connectivity index (χ3n) is 5.55. The van der Waals surface area contributed by atoms with E-state index in [1.807, 2.05) is 0 Å². The number of hydrogen-bond acceptors (Lipinski definition) is 5. The van der Waals surface area contributed by atoms with Gasteiger partial charge in [0.25, 0.3) is 0 Å². The summed E-state index contributed by atoms with van der Waals surface area (Å²) in [4.78, 5) is 36.1.